The summed E-state index contributed by atoms with van der Waals surface area (Å²) in [7, 11) is 0. The lowest BCUT2D eigenvalue weighted by Gasteiger charge is -2.43. The predicted octanol–water partition coefficient (Wildman–Crippen LogP) is 1.30. The molecule has 24 heavy (non-hydrogen) atoms. The lowest BCUT2D eigenvalue weighted by atomic mass is 9.85. The molecule has 0 aromatic rings. The van der Waals surface area contributed by atoms with Crippen LogP contribution in [0, 0.1) is 5.92 Å². The van der Waals surface area contributed by atoms with Crippen molar-refractivity contribution in [3.63, 3.8) is 0 Å². The standard InChI is InChI=1S/C18H31N3O3/c1-2-7-20-8-3-4-16(20)18(24)19-14-9-15(10-14)21(12-17(22)23)11-13-5-6-13/h13-16H,2-12H2,1H3,(H,19,24)(H,22,23). The molecule has 1 amide bonds. The number of nitrogens with one attached hydrogen (secondary N) is 1. The second kappa shape index (κ2) is 7.83. The van der Waals surface area contributed by atoms with Gasteiger partial charge >= 0.3 is 5.97 Å². The molecule has 1 atom stereocenters. The minimum absolute atomic E-state index is 0.0468. The topological polar surface area (TPSA) is 72.9 Å². The molecule has 0 spiro atoms. The van der Waals surface area contributed by atoms with Gasteiger partial charge in [0.2, 0.25) is 5.91 Å². The van der Waals surface area contributed by atoms with Crippen LogP contribution in [-0.4, -0.2) is 71.1 Å². The molecule has 2 saturated carbocycles. The Labute approximate surface area is 144 Å². The van der Waals surface area contributed by atoms with Gasteiger partial charge in [0.05, 0.1) is 12.6 Å². The van der Waals surface area contributed by atoms with E-state index in [1.54, 1.807) is 0 Å². The third-order valence-electron chi connectivity index (χ3n) is 5.68. The first kappa shape index (κ1) is 17.7. The minimum atomic E-state index is -0.746. The van der Waals surface area contributed by atoms with Crippen LogP contribution in [0.25, 0.3) is 0 Å². The quantitative estimate of drug-likeness (QED) is 0.664. The molecule has 2 aliphatic carbocycles. The molecule has 1 heterocycles. The maximum Gasteiger partial charge on any atom is 0.317 e. The number of carbonyl (C=O) groups excluding carboxylic acids is 1. The third-order valence-corrected chi connectivity index (χ3v) is 5.68. The summed E-state index contributed by atoms with van der Waals surface area (Å²) in [5.41, 5.74) is 0. The Kier molecular flexibility index (Phi) is 5.76. The largest absolute Gasteiger partial charge is 0.480 e. The maximum atomic E-state index is 12.5. The monoisotopic (exact) mass is 337 g/mol. The van der Waals surface area contributed by atoms with Crippen LogP contribution in [0.15, 0.2) is 0 Å². The van der Waals surface area contributed by atoms with Crippen molar-refractivity contribution < 1.29 is 14.7 Å². The predicted molar refractivity (Wildman–Crippen MR) is 91.8 cm³/mol. The average molecular weight is 337 g/mol. The molecule has 3 fully saturated rings. The highest BCUT2D eigenvalue weighted by atomic mass is 16.4. The van der Waals surface area contributed by atoms with E-state index >= 15 is 0 Å². The van der Waals surface area contributed by atoms with E-state index < -0.39 is 5.97 Å². The van der Waals surface area contributed by atoms with Crippen LogP contribution in [0.2, 0.25) is 0 Å². The maximum absolute atomic E-state index is 12.5. The van der Waals surface area contributed by atoms with Crippen molar-refractivity contribution in [2.45, 2.75) is 70.0 Å². The molecular formula is C18H31N3O3. The zero-order valence-corrected chi connectivity index (χ0v) is 14.7. The van der Waals surface area contributed by atoms with Gasteiger partial charge in [0, 0.05) is 18.6 Å². The molecule has 6 heteroatoms. The third kappa shape index (κ3) is 4.48. The number of hydrogen-bond acceptors (Lipinski definition) is 4. The number of hydrogen-bond donors (Lipinski definition) is 2. The number of carbonyl (C=O) groups is 2. The van der Waals surface area contributed by atoms with Crippen molar-refractivity contribution in [2.75, 3.05) is 26.2 Å². The van der Waals surface area contributed by atoms with Gasteiger partial charge in [-0.3, -0.25) is 19.4 Å². The summed E-state index contributed by atoms with van der Waals surface area (Å²) in [5.74, 6) is 0.125. The van der Waals surface area contributed by atoms with Crippen molar-refractivity contribution in [1.29, 1.82) is 0 Å². The number of nitrogens with zero attached hydrogens (tertiary/aromatic N) is 2. The molecule has 6 nitrogen and oxygen atoms in total. The first-order valence-electron chi connectivity index (χ1n) is 9.57. The van der Waals surface area contributed by atoms with Gasteiger partial charge in [-0.15, -0.1) is 0 Å². The average Bonchev–Trinajstić information content (AvgIpc) is 3.17. The Hall–Kier alpha value is -1.14. The number of likely N-dealkylation sites (tertiary alicyclic amines) is 1. The van der Waals surface area contributed by atoms with Crippen LogP contribution in [0.3, 0.4) is 0 Å². The van der Waals surface area contributed by atoms with Crippen molar-refractivity contribution in [2.24, 2.45) is 5.92 Å². The molecule has 2 N–H and O–H groups in total. The van der Waals surface area contributed by atoms with Gasteiger partial charge < -0.3 is 10.4 Å². The Morgan fingerprint density at radius 1 is 1.25 bits per heavy atom. The van der Waals surface area contributed by atoms with E-state index in [4.69, 9.17) is 5.11 Å². The van der Waals surface area contributed by atoms with Crippen molar-refractivity contribution >= 4 is 11.9 Å². The normalized spacial score (nSPS) is 30.3. The highest BCUT2D eigenvalue weighted by Crippen LogP contribution is 2.34. The fraction of sp³-hybridized carbons (Fsp3) is 0.889. The summed E-state index contributed by atoms with van der Waals surface area (Å²) in [6.07, 6.45) is 7.42. The number of rotatable bonds is 9. The van der Waals surface area contributed by atoms with E-state index in [0.29, 0.717) is 12.0 Å². The van der Waals surface area contributed by atoms with Crippen LogP contribution >= 0.6 is 0 Å². The molecule has 0 aromatic heterocycles. The van der Waals surface area contributed by atoms with E-state index in [2.05, 4.69) is 22.0 Å². The second-order valence-corrected chi connectivity index (χ2v) is 7.79. The molecule has 3 rings (SSSR count). The van der Waals surface area contributed by atoms with Crippen molar-refractivity contribution in [1.82, 2.24) is 15.1 Å². The van der Waals surface area contributed by atoms with Crippen molar-refractivity contribution in [3.8, 4) is 0 Å². The van der Waals surface area contributed by atoms with Crippen LogP contribution < -0.4 is 5.32 Å². The number of carboxylic acids is 1. The van der Waals surface area contributed by atoms with Gasteiger partial charge in [-0.1, -0.05) is 6.92 Å². The highest BCUT2D eigenvalue weighted by Gasteiger charge is 2.39. The number of carboxylic acid groups (broad SMARTS) is 1. The molecule has 136 valence electrons. The van der Waals surface area contributed by atoms with Gasteiger partial charge in [-0.05, 0) is 64.0 Å². The van der Waals surface area contributed by atoms with Gasteiger partial charge in [0.1, 0.15) is 0 Å². The Balaban J connectivity index is 1.43. The van der Waals surface area contributed by atoms with E-state index in [1.807, 2.05) is 0 Å². The smallest absolute Gasteiger partial charge is 0.317 e. The van der Waals surface area contributed by atoms with Crippen LogP contribution in [-0.2, 0) is 9.59 Å². The first-order chi connectivity index (χ1) is 11.6. The van der Waals surface area contributed by atoms with Gasteiger partial charge in [0.25, 0.3) is 0 Å². The van der Waals surface area contributed by atoms with Crippen LogP contribution in [0.1, 0.15) is 51.9 Å². The lowest BCUT2D eigenvalue weighted by molar-refractivity contribution is -0.140. The fourth-order valence-corrected chi connectivity index (χ4v) is 4.13. The second-order valence-electron chi connectivity index (χ2n) is 7.79. The van der Waals surface area contributed by atoms with E-state index in [9.17, 15) is 9.59 Å². The number of aliphatic carboxylic acids is 1. The molecule has 0 bridgehead atoms. The lowest BCUT2D eigenvalue weighted by Crippen LogP contribution is -2.57. The Morgan fingerprint density at radius 3 is 2.62 bits per heavy atom. The molecule has 0 radical (unpaired) electrons. The summed E-state index contributed by atoms with van der Waals surface area (Å²) in [4.78, 5) is 28.0. The molecular weight excluding hydrogens is 306 g/mol. The van der Waals surface area contributed by atoms with Gasteiger partial charge in [-0.2, -0.15) is 0 Å². The molecule has 1 aliphatic heterocycles. The zero-order chi connectivity index (χ0) is 17.1. The SMILES string of the molecule is CCCN1CCCC1C(=O)NC1CC(N(CC(=O)O)CC2CC2)C1. The molecule has 3 aliphatic rings. The van der Waals surface area contributed by atoms with Crippen LogP contribution in [0.5, 0.6) is 0 Å². The zero-order valence-electron chi connectivity index (χ0n) is 14.7. The van der Waals surface area contributed by atoms with Crippen LogP contribution in [0.4, 0.5) is 0 Å². The Bertz CT molecular complexity index is 460. The van der Waals surface area contributed by atoms with E-state index in [-0.39, 0.29) is 24.5 Å². The van der Waals surface area contributed by atoms with Crippen molar-refractivity contribution in [3.05, 3.63) is 0 Å². The van der Waals surface area contributed by atoms with E-state index in [0.717, 1.165) is 51.7 Å². The highest BCUT2D eigenvalue weighted by molar-refractivity contribution is 5.82. The molecule has 1 unspecified atom stereocenters. The fourth-order valence-electron chi connectivity index (χ4n) is 4.13. The van der Waals surface area contributed by atoms with Gasteiger partial charge in [0.15, 0.2) is 0 Å². The summed E-state index contributed by atoms with van der Waals surface area (Å²) in [5, 5.41) is 12.3. The first-order valence-corrected chi connectivity index (χ1v) is 9.57. The molecule has 0 aromatic carbocycles. The summed E-state index contributed by atoms with van der Waals surface area (Å²) in [6.45, 7) is 5.23. The minimum Gasteiger partial charge on any atom is -0.480 e. The number of amides is 1. The summed E-state index contributed by atoms with van der Waals surface area (Å²) in [6, 6.07) is 0.593. The summed E-state index contributed by atoms with van der Waals surface area (Å²) < 4.78 is 0. The Morgan fingerprint density at radius 2 is 2.00 bits per heavy atom. The summed E-state index contributed by atoms with van der Waals surface area (Å²) >= 11 is 0. The van der Waals surface area contributed by atoms with Gasteiger partial charge in [-0.25, -0.2) is 0 Å². The van der Waals surface area contributed by atoms with E-state index in [1.165, 1.54) is 12.8 Å². The molecule has 1 saturated heterocycles.